The largest absolute Gasteiger partial charge is 0.398 e. The van der Waals surface area contributed by atoms with Gasteiger partial charge in [-0.25, -0.2) is 0 Å². The fourth-order valence-electron chi connectivity index (χ4n) is 2.13. The molecule has 1 aromatic carbocycles. The number of nitrogens with two attached hydrogens (primary N) is 1. The molecule has 20 heavy (non-hydrogen) atoms. The molecule has 1 aliphatic rings. The van der Waals surface area contributed by atoms with E-state index < -0.39 is 4.92 Å². The number of nitro groups is 1. The predicted octanol–water partition coefficient (Wildman–Crippen LogP) is 1.03. The molecule has 0 aliphatic carbocycles. The summed E-state index contributed by atoms with van der Waals surface area (Å²) in [7, 11) is 0. The average Bonchev–Trinajstić information content (AvgIpc) is 2.38. The monoisotopic (exact) mass is 300 g/mol. The number of nitro benzene ring substituents is 1. The zero-order valence-corrected chi connectivity index (χ0v) is 11.9. The van der Waals surface area contributed by atoms with E-state index in [0.717, 1.165) is 0 Å². The second kappa shape index (κ2) is 6.53. The summed E-state index contributed by atoms with van der Waals surface area (Å²) in [5.41, 5.74) is 6.08. The zero-order chi connectivity index (χ0) is 14.0. The van der Waals surface area contributed by atoms with Gasteiger partial charge >= 0.3 is 0 Å². The molecular formula is C12H17ClN4O3. The number of halogens is 1. The summed E-state index contributed by atoms with van der Waals surface area (Å²) in [6, 6.07) is 4.14. The summed E-state index contributed by atoms with van der Waals surface area (Å²) in [6.07, 6.45) is 0. The molecule has 1 amide bonds. The number of non-ortho nitro benzene ring substituents is 1. The standard InChI is InChI=1S/C12H16N4O3.ClH/c1-8-7-15(5-4-14-8)12(17)10-6-9(16(18)19)2-3-11(10)13;/h2-3,6,8,14H,4-5,7,13H2,1H3;1H. The summed E-state index contributed by atoms with van der Waals surface area (Å²) < 4.78 is 0. The Labute approximate surface area is 122 Å². The van der Waals surface area contributed by atoms with Gasteiger partial charge in [-0.3, -0.25) is 14.9 Å². The molecular weight excluding hydrogens is 284 g/mol. The van der Waals surface area contributed by atoms with Gasteiger partial charge in [0.2, 0.25) is 0 Å². The normalized spacial score (nSPS) is 18.2. The molecule has 0 spiro atoms. The van der Waals surface area contributed by atoms with Crippen molar-refractivity contribution in [2.75, 3.05) is 25.4 Å². The summed E-state index contributed by atoms with van der Waals surface area (Å²) in [5.74, 6) is -0.255. The summed E-state index contributed by atoms with van der Waals surface area (Å²) in [4.78, 5) is 24.2. The molecule has 3 N–H and O–H groups in total. The predicted molar refractivity (Wildman–Crippen MR) is 78.1 cm³/mol. The number of anilines is 1. The Balaban J connectivity index is 0.00000200. The van der Waals surface area contributed by atoms with Crippen LogP contribution in [0.4, 0.5) is 11.4 Å². The van der Waals surface area contributed by atoms with Gasteiger partial charge in [-0.05, 0) is 13.0 Å². The Kier molecular flexibility index (Phi) is 5.29. The van der Waals surface area contributed by atoms with Gasteiger partial charge in [-0.15, -0.1) is 12.4 Å². The Hall–Kier alpha value is -1.86. The van der Waals surface area contributed by atoms with Gasteiger partial charge in [-0.1, -0.05) is 0 Å². The topological polar surface area (TPSA) is 102 Å². The summed E-state index contributed by atoms with van der Waals surface area (Å²) in [5, 5.41) is 14.0. The molecule has 8 heteroatoms. The van der Waals surface area contributed by atoms with Crippen molar-refractivity contribution in [3.8, 4) is 0 Å². The number of carbonyl (C=O) groups excluding carboxylic acids is 1. The number of nitrogens with zero attached hydrogens (tertiary/aromatic N) is 2. The highest BCUT2D eigenvalue weighted by Gasteiger charge is 2.24. The van der Waals surface area contributed by atoms with Crippen LogP contribution in [0.5, 0.6) is 0 Å². The Bertz CT molecular complexity index is 523. The fourth-order valence-corrected chi connectivity index (χ4v) is 2.13. The number of rotatable bonds is 2. The van der Waals surface area contributed by atoms with Crippen LogP contribution in [-0.4, -0.2) is 41.4 Å². The van der Waals surface area contributed by atoms with E-state index in [0.29, 0.717) is 19.6 Å². The number of piperazine rings is 1. The van der Waals surface area contributed by atoms with Crippen LogP contribution in [0.25, 0.3) is 0 Å². The molecule has 1 aliphatic heterocycles. The lowest BCUT2D eigenvalue weighted by molar-refractivity contribution is -0.384. The van der Waals surface area contributed by atoms with Crippen molar-refractivity contribution < 1.29 is 9.72 Å². The number of benzene rings is 1. The minimum atomic E-state index is -0.531. The number of carbonyl (C=O) groups is 1. The maximum Gasteiger partial charge on any atom is 0.270 e. The number of hydrogen-bond acceptors (Lipinski definition) is 5. The third kappa shape index (κ3) is 3.37. The molecule has 1 aromatic rings. The molecule has 7 nitrogen and oxygen atoms in total. The minimum Gasteiger partial charge on any atom is -0.398 e. The van der Waals surface area contributed by atoms with Gasteiger partial charge in [0.1, 0.15) is 0 Å². The van der Waals surface area contributed by atoms with Crippen molar-refractivity contribution in [1.29, 1.82) is 0 Å². The van der Waals surface area contributed by atoms with E-state index in [1.807, 2.05) is 6.92 Å². The van der Waals surface area contributed by atoms with Gasteiger partial charge in [0.25, 0.3) is 11.6 Å². The van der Waals surface area contributed by atoms with Gasteiger partial charge in [-0.2, -0.15) is 0 Å². The molecule has 1 atom stereocenters. The van der Waals surface area contributed by atoms with Gasteiger partial charge in [0, 0.05) is 43.5 Å². The Morgan fingerprint density at radius 2 is 2.25 bits per heavy atom. The van der Waals surface area contributed by atoms with Crippen LogP contribution in [0.3, 0.4) is 0 Å². The quantitative estimate of drug-likeness (QED) is 0.482. The fraction of sp³-hybridized carbons (Fsp3) is 0.417. The molecule has 110 valence electrons. The highest BCUT2D eigenvalue weighted by Crippen LogP contribution is 2.21. The van der Waals surface area contributed by atoms with Crippen LogP contribution in [0.1, 0.15) is 17.3 Å². The average molecular weight is 301 g/mol. The SMILES string of the molecule is CC1CN(C(=O)c2cc([N+](=O)[O-])ccc2N)CCN1.Cl. The third-order valence-corrected chi connectivity index (χ3v) is 3.13. The van der Waals surface area contributed by atoms with Gasteiger partial charge < -0.3 is 16.0 Å². The van der Waals surface area contributed by atoms with E-state index in [1.165, 1.54) is 18.2 Å². The van der Waals surface area contributed by atoms with Crippen LogP contribution in [0, 0.1) is 10.1 Å². The van der Waals surface area contributed by atoms with Crippen LogP contribution in [-0.2, 0) is 0 Å². The van der Waals surface area contributed by atoms with Crippen molar-refractivity contribution in [1.82, 2.24) is 10.2 Å². The molecule has 0 radical (unpaired) electrons. The van der Waals surface area contributed by atoms with Crippen molar-refractivity contribution in [3.05, 3.63) is 33.9 Å². The lowest BCUT2D eigenvalue weighted by Crippen LogP contribution is -2.51. The molecule has 0 saturated carbocycles. The maximum atomic E-state index is 12.3. The Morgan fingerprint density at radius 3 is 2.85 bits per heavy atom. The minimum absolute atomic E-state index is 0. The van der Waals surface area contributed by atoms with Gasteiger partial charge in [0.15, 0.2) is 0 Å². The van der Waals surface area contributed by atoms with E-state index in [1.54, 1.807) is 4.90 Å². The lowest BCUT2D eigenvalue weighted by Gasteiger charge is -2.32. The molecule has 0 aromatic heterocycles. The summed E-state index contributed by atoms with van der Waals surface area (Å²) >= 11 is 0. The number of nitrogen functional groups attached to an aromatic ring is 1. The van der Waals surface area contributed by atoms with Crippen LogP contribution in [0.2, 0.25) is 0 Å². The smallest absolute Gasteiger partial charge is 0.270 e. The van der Waals surface area contributed by atoms with Crippen molar-refractivity contribution in [2.45, 2.75) is 13.0 Å². The molecule has 0 bridgehead atoms. The molecule has 1 heterocycles. The van der Waals surface area contributed by atoms with Crippen molar-refractivity contribution in [3.63, 3.8) is 0 Å². The van der Waals surface area contributed by atoms with Crippen LogP contribution >= 0.6 is 12.4 Å². The van der Waals surface area contributed by atoms with Crippen LogP contribution < -0.4 is 11.1 Å². The van der Waals surface area contributed by atoms with E-state index in [4.69, 9.17) is 5.73 Å². The number of nitrogens with one attached hydrogen (secondary N) is 1. The first-order chi connectivity index (χ1) is 8.99. The Morgan fingerprint density at radius 1 is 1.55 bits per heavy atom. The number of amides is 1. The highest BCUT2D eigenvalue weighted by atomic mass is 35.5. The molecule has 1 saturated heterocycles. The first kappa shape index (κ1) is 16.2. The first-order valence-electron chi connectivity index (χ1n) is 6.05. The highest BCUT2D eigenvalue weighted by molar-refractivity contribution is 5.99. The van der Waals surface area contributed by atoms with Gasteiger partial charge in [0.05, 0.1) is 10.5 Å². The molecule has 2 rings (SSSR count). The molecule has 1 fully saturated rings. The lowest BCUT2D eigenvalue weighted by atomic mass is 10.1. The summed E-state index contributed by atoms with van der Waals surface area (Å²) in [6.45, 7) is 3.84. The van der Waals surface area contributed by atoms with E-state index in [2.05, 4.69) is 5.32 Å². The van der Waals surface area contributed by atoms with Crippen LogP contribution in [0.15, 0.2) is 18.2 Å². The first-order valence-corrected chi connectivity index (χ1v) is 6.05. The van der Waals surface area contributed by atoms with E-state index in [9.17, 15) is 14.9 Å². The van der Waals surface area contributed by atoms with E-state index in [-0.39, 0.29) is 41.3 Å². The zero-order valence-electron chi connectivity index (χ0n) is 11.0. The van der Waals surface area contributed by atoms with Crippen molar-refractivity contribution in [2.24, 2.45) is 0 Å². The third-order valence-electron chi connectivity index (χ3n) is 3.13. The van der Waals surface area contributed by atoms with E-state index >= 15 is 0 Å². The number of hydrogen-bond donors (Lipinski definition) is 2. The van der Waals surface area contributed by atoms with Crippen molar-refractivity contribution >= 4 is 29.7 Å². The molecule has 1 unspecified atom stereocenters. The second-order valence-corrected chi connectivity index (χ2v) is 4.64. The maximum absolute atomic E-state index is 12.3. The second-order valence-electron chi connectivity index (χ2n) is 4.64.